The predicted octanol–water partition coefficient (Wildman–Crippen LogP) is 7.06. The molecule has 0 heterocycles. The lowest BCUT2D eigenvalue weighted by molar-refractivity contribution is -0.153. The smallest absolute Gasteiger partial charge is 0.306 e. The third-order valence-corrected chi connectivity index (χ3v) is 5.90. The van der Waals surface area contributed by atoms with Crippen LogP contribution >= 0.6 is 12.6 Å². The van der Waals surface area contributed by atoms with Gasteiger partial charge in [-0.15, -0.1) is 12.6 Å². The lowest BCUT2D eigenvalue weighted by Crippen LogP contribution is -2.41. The number of ether oxygens (including phenoxy) is 1. The first-order chi connectivity index (χ1) is 13.7. The molecule has 0 fully saturated rings. The van der Waals surface area contributed by atoms with Crippen LogP contribution in [0, 0.1) is 11.8 Å². The van der Waals surface area contributed by atoms with Gasteiger partial charge in [-0.25, -0.2) is 0 Å². The van der Waals surface area contributed by atoms with E-state index in [-0.39, 0.29) is 6.42 Å². The zero-order chi connectivity index (χ0) is 22.1. The molecule has 0 aromatic rings. The van der Waals surface area contributed by atoms with Crippen molar-refractivity contribution in [2.24, 2.45) is 11.8 Å². The van der Waals surface area contributed by atoms with E-state index in [4.69, 9.17) is 4.74 Å². The number of hydrogen-bond donors (Lipinski definition) is 2. The Bertz CT molecular complexity index is 437. The van der Waals surface area contributed by atoms with Gasteiger partial charge in [0.15, 0.2) is 0 Å². The molecule has 0 bridgehead atoms. The highest BCUT2D eigenvalue weighted by molar-refractivity contribution is 7.96. The number of thiol groups is 1. The van der Waals surface area contributed by atoms with Gasteiger partial charge in [0.1, 0.15) is 5.60 Å². The molecular weight excluding hydrogens is 384 g/mol. The maximum Gasteiger partial charge on any atom is 0.306 e. The zero-order valence-electron chi connectivity index (χ0n) is 19.4. The van der Waals surface area contributed by atoms with E-state index in [0.29, 0.717) is 13.0 Å². The minimum absolute atomic E-state index is 0.295. The monoisotopic (exact) mass is 430 g/mol. The second kappa shape index (κ2) is 17.2. The molecule has 1 atom stereocenters. The molecule has 1 N–H and O–H groups in total. The minimum Gasteiger partial charge on any atom is -0.481 e. The van der Waals surface area contributed by atoms with Crippen molar-refractivity contribution < 1.29 is 19.4 Å². The number of carbonyl (C=O) groups is 2. The number of carboxylic acids is 1. The van der Waals surface area contributed by atoms with Gasteiger partial charge in [0.25, 0.3) is 0 Å². The number of unbranched alkanes of at least 4 members (excludes halogenated alkanes) is 8. The summed E-state index contributed by atoms with van der Waals surface area (Å²) in [6, 6.07) is 0. The van der Waals surface area contributed by atoms with Crippen LogP contribution in [0.15, 0.2) is 0 Å². The second-order valence-electron chi connectivity index (χ2n) is 9.37. The quantitative estimate of drug-likeness (QED) is 0.160. The molecule has 0 aliphatic rings. The van der Waals surface area contributed by atoms with Gasteiger partial charge in [0.2, 0.25) is 5.12 Å². The molecule has 0 rings (SSSR count). The molecule has 0 saturated heterocycles. The second-order valence-corrected chi connectivity index (χ2v) is 9.78. The molecule has 1 unspecified atom stereocenters. The normalized spacial score (nSPS) is 13.8. The maximum absolute atomic E-state index is 12.2. The highest BCUT2D eigenvalue weighted by Crippen LogP contribution is 2.28. The van der Waals surface area contributed by atoms with Crippen molar-refractivity contribution in [2.45, 2.75) is 123 Å². The molecular formula is C24H46O4S. The van der Waals surface area contributed by atoms with Gasteiger partial charge in [-0.05, 0) is 24.7 Å². The molecule has 172 valence electrons. The number of carboxylic acid groups (broad SMARTS) is 1. The summed E-state index contributed by atoms with van der Waals surface area (Å²) in [5.74, 6) is 0.494. The standard InChI is InChI=1S/C24H46O4S/c1-20(2)15-11-7-5-9-13-17-24(23(27)29,19-22(25)26)28-18-14-10-6-8-12-16-21(3)4/h20-21H,5-19H2,1-4H3,(H,25,26)(H,27,29). The van der Waals surface area contributed by atoms with Gasteiger partial charge in [-0.3, -0.25) is 9.59 Å². The molecule has 0 radical (unpaired) electrons. The van der Waals surface area contributed by atoms with Gasteiger partial charge < -0.3 is 9.84 Å². The summed E-state index contributed by atoms with van der Waals surface area (Å²) >= 11 is 4.00. The Morgan fingerprint density at radius 3 is 1.69 bits per heavy atom. The van der Waals surface area contributed by atoms with Crippen LogP contribution in [0.1, 0.15) is 118 Å². The summed E-state index contributed by atoms with van der Waals surface area (Å²) in [7, 11) is 0. The first kappa shape index (κ1) is 28.5. The van der Waals surface area contributed by atoms with Crippen LogP contribution in [-0.2, 0) is 14.3 Å². The van der Waals surface area contributed by atoms with Gasteiger partial charge in [-0.2, -0.15) is 0 Å². The van der Waals surface area contributed by atoms with E-state index in [1.54, 1.807) is 0 Å². The first-order valence-corrected chi connectivity index (χ1v) is 12.2. The van der Waals surface area contributed by atoms with Gasteiger partial charge in [0, 0.05) is 6.61 Å². The number of rotatable bonds is 20. The first-order valence-electron chi connectivity index (χ1n) is 11.8. The molecule has 4 nitrogen and oxygen atoms in total. The average Bonchev–Trinajstić information content (AvgIpc) is 2.61. The Balaban J connectivity index is 4.28. The van der Waals surface area contributed by atoms with Gasteiger partial charge in [0.05, 0.1) is 6.42 Å². The zero-order valence-corrected chi connectivity index (χ0v) is 20.3. The Kier molecular flexibility index (Phi) is 16.8. The van der Waals surface area contributed by atoms with Crippen LogP contribution in [0.3, 0.4) is 0 Å². The fourth-order valence-corrected chi connectivity index (χ4v) is 3.90. The van der Waals surface area contributed by atoms with E-state index < -0.39 is 16.7 Å². The molecule has 0 aliphatic heterocycles. The van der Waals surface area contributed by atoms with E-state index in [1.807, 2.05) is 0 Å². The maximum atomic E-state index is 12.2. The van der Waals surface area contributed by atoms with Crippen LogP contribution in [0.25, 0.3) is 0 Å². The Hall–Kier alpha value is -0.550. The van der Waals surface area contributed by atoms with Crippen molar-refractivity contribution in [1.82, 2.24) is 0 Å². The molecule has 0 spiro atoms. The van der Waals surface area contributed by atoms with Crippen LogP contribution in [0.2, 0.25) is 0 Å². The lowest BCUT2D eigenvalue weighted by Gasteiger charge is -2.29. The fraction of sp³-hybridized carbons (Fsp3) is 0.917. The van der Waals surface area contributed by atoms with Crippen molar-refractivity contribution in [2.75, 3.05) is 6.61 Å². The molecule has 5 heteroatoms. The minimum atomic E-state index is -1.27. The summed E-state index contributed by atoms with van der Waals surface area (Å²) in [4.78, 5) is 23.5. The van der Waals surface area contributed by atoms with Crippen LogP contribution in [0.5, 0.6) is 0 Å². The van der Waals surface area contributed by atoms with Crippen molar-refractivity contribution in [3.05, 3.63) is 0 Å². The number of carbonyl (C=O) groups excluding carboxylic acids is 1. The Morgan fingerprint density at radius 2 is 1.24 bits per heavy atom. The van der Waals surface area contributed by atoms with E-state index in [9.17, 15) is 14.7 Å². The molecule has 0 aromatic carbocycles. The summed E-state index contributed by atoms with van der Waals surface area (Å²) in [5.41, 5.74) is -1.27. The summed E-state index contributed by atoms with van der Waals surface area (Å²) < 4.78 is 5.90. The number of hydrogen-bond acceptors (Lipinski definition) is 3. The summed E-state index contributed by atoms with van der Waals surface area (Å²) in [6.07, 6.45) is 13.6. The summed E-state index contributed by atoms with van der Waals surface area (Å²) in [6.45, 7) is 9.40. The Morgan fingerprint density at radius 1 is 0.793 bits per heavy atom. The van der Waals surface area contributed by atoms with Crippen LogP contribution in [-0.4, -0.2) is 28.4 Å². The van der Waals surface area contributed by atoms with Crippen molar-refractivity contribution in [3.63, 3.8) is 0 Å². The van der Waals surface area contributed by atoms with Crippen molar-refractivity contribution in [3.8, 4) is 0 Å². The molecule has 0 aromatic heterocycles. The number of aliphatic carboxylic acids is 1. The molecule has 0 amide bonds. The highest BCUT2D eigenvalue weighted by atomic mass is 32.1. The third kappa shape index (κ3) is 15.9. The van der Waals surface area contributed by atoms with Crippen molar-refractivity contribution >= 4 is 23.7 Å². The third-order valence-electron chi connectivity index (χ3n) is 5.49. The summed E-state index contributed by atoms with van der Waals surface area (Å²) in [5, 5.41) is 8.85. The van der Waals surface area contributed by atoms with Crippen molar-refractivity contribution in [1.29, 1.82) is 0 Å². The predicted molar refractivity (Wildman–Crippen MR) is 125 cm³/mol. The topological polar surface area (TPSA) is 63.6 Å². The highest BCUT2D eigenvalue weighted by Gasteiger charge is 2.39. The van der Waals surface area contributed by atoms with Crippen LogP contribution in [0.4, 0.5) is 0 Å². The SMILES string of the molecule is CC(C)CCCCCCCOC(CCCCCCCC(C)C)(CC(=O)O)C(=O)S. The van der Waals surface area contributed by atoms with E-state index in [2.05, 4.69) is 40.3 Å². The van der Waals surface area contributed by atoms with Gasteiger partial charge in [-0.1, -0.05) is 98.3 Å². The average molecular weight is 431 g/mol. The molecule has 0 saturated carbocycles. The molecule has 29 heavy (non-hydrogen) atoms. The van der Waals surface area contributed by atoms with Crippen LogP contribution < -0.4 is 0 Å². The Labute approximate surface area is 185 Å². The van der Waals surface area contributed by atoms with E-state index >= 15 is 0 Å². The van der Waals surface area contributed by atoms with E-state index in [1.165, 1.54) is 38.5 Å². The molecule has 0 aliphatic carbocycles. The lowest BCUT2D eigenvalue weighted by atomic mass is 9.92. The largest absolute Gasteiger partial charge is 0.481 e. The van der Waals surface area contributed by atoms with E-state index in [0.717, 1.165) is 50.4 Å². The fourth-order valence-electron chi connectivity index (χ4n) is 3.65. The van der Waals surface area contributed by atoms with Gasteiger partial charge >= 0.3 is 5.97 Å².